The molecule has 7 nitrogen and oxygen atoms in total. The Kier molecular flexibility index (Phi) is 6.68. The van der Waals surface area contributed by atoms with Gasteiger partial charge in [0.05, 0.1) is 18.9 Å². The van der Waals surface area contributed by atoms with Crippen LogP contribution in [0.3, 0.4) is 0 Å². The molecule has 2 amide bonds. The third kappa shape index (κ3) is 5.91. The number of urea groups is 1. The number of pyridine rings is 1. The largest absolute Gasteiger partial charge is 0.481 e. The first-order valence-electron chi connectivity index (χ1n) is 6.52. The summed E-state index contributed by atoms with van der Waals surface area (Å²) in [6.45, 7) is 0.762. The van der Waals surface area contributed by atoms with Crippen molar-refractivity contribution in [2.24, 2.45) is 0 Å². The van der Waals surface area contributed by atoms with Gasteiger partial charge in [0, 0.05) is 39.1 Å². The summed E-state index contributed by atoms with van der Waals surface area (Å²) in [4.78, 5) is 29.7. The average molecular weight is 290 g/mol. The SMILES string of the molecule is CN(CCC(=O)O)C(=O)N(CCC#N)Cc1cccnc1. The van der Waals surface area contributed by atoms with E-state index in [1.807, 2.05) is 12.1 Å². The summed E-state index contributed by atoms with van der Waals surface area (Å²) in [5, 5.41) is 17.3. The van der Waals surface area contributed by atoms with Crippen molar-refractivity contribution in [3.05, 3.63) is 30.1 Å². The summed E-state index contributed by atoms with van der Waals surface area (Å²) < 4.78 is 0. The van der Waals surface area contributed by atoms with Crippen molar-refractivity contribution in [2.75, 3.05) is 20.1 Å². The van der Waals surface area contributed by atoms with E-state index in [1.165, 1.54) is 9.80 Å². The van der Waals surface area contributed by atoms with E-state index in [0.717, 1.165) is 5.56 Å². The van der Waals surface area contributed by atoms with Crippen molar-refractivity contribution < 1.29 is 14.7 Å². The van der Waals surface area contributed by atoms with Gasteiger partial charge in [-0.05, 0) is 11.6 Å². The lowest BCUT2D eigenvalue weighted by molar-refractivity contribution is -0.137. The van der Waals surface area contributed by atoms with Gasteiger partial charge in [0.15, 0.2) is 0 Å². The van der Waals surface area contributed by atoms with Crippen LogP contribution in [0.5, 0.6) is 0 Å². The van der Waals surface area contributed by atoms with Crippen LogP contribution in [-0.4, -0.2) is 52.0 Å². The number of carbonyl (C=O) groups excluding carboxylic acids is 1. The zero-order chi connectivity index (χ0) is 15.7. The standard InChI is InChI=1S/C14H18N4O3/c1-17(9-5-13(19)20)14(21)18(8-3-6-15)11-12-4-2-7-16-10-12/h2,4,7,10H,3,5,8-9,11H2,1H3,(H,19,20). The Morgan fingerprint density at radius 2 is 2.19 bits per heavy atom. The van der Waals surface area contributed by atoms with Gasteiger partial charge < -0.3 is 14.9 Å². The molecular weight excluding hydrogens is 272 g/mol. The molecule has 0 aliphatic carbocycles. The van der Waals surface area contributed by atoms with Gasteiger partial charge in [0.1, 0.15) is 0 Å². The molecule has 0 aromatic carbocycles. The van der Waals surface area contributed by atoms with Gasteiger partial charge >= 0.3 is 12.0 Å². The molecule has 0 fully saturated rings. The zero-order valence-electron chi connectivity index (χ0n) is 11.9. The topological polar surface area (TPSA) is 97.5 Å². The van der Waals surface area contributed by atoms with Crippen LogP contribution in [0.25, 0.3) is 0 Å². The first kappa shape index (κ1) is 16.4. The maximum atomic E-state index is 12.3. The molecule has 1 rings (SSSR count). The number of aliphatic carboxylic acids is 1. The Bertz CT molecular complexity index is 513. The monoisotopic (exact) mass is 290 g/mol. The second-order valence-electron chi connectivity index (χ2n) is 4.54. The number of carboxylic acid groups (broad SMARTS) is 1. The summed E-state index contributed by atoms with van der Waals surface area (Å²) in [6, 6.07) is 5.33. The van der Waals surface area contributed by atoms with E-state index in [4.69, 9.17) is 10.4 Å². The van der Waals surface area contributed by atoms with Gasteiger partial charge in [-0.25, -0.2) is 4.79 Å². The first-order valence-corrected chi connectivity index (χ1v) is 6.52. The summed E-state index contributed by atoms with van der Waals surface area (Å²) >= 11 is 0. The number of carboxylic acids is 1. The molecular formula is C14H18N4O3. The zero-order valence-corrected chi connectivity index (χ0v) is 11.9. The molecule has 1 aromatic rings. The lowest BCUT2D eigenvalue weighted by Crippen LogP contribution is -2.42. The molecule has 0 aliphatic rings. The van der Waals surface area contributed by atoms with Crippen LogP contribution in [0.4, 0.5) is 4.79 Å². The molecule has 0 aliphatic heterocycles. The van der Waals surface area contributed by atoms with Crippen molar-refractivity contribution >= 4 is 12.0 Å². The maximum absolute atomic E-state index is 12.3. The van der Waals surface area contributed by atoms with Gasteiger partial charge in [0.2, 0.25) is 0 Å². The molecule has 21 heavy (non-hydrogen) atoms. The molecule has 0 bridgehead atoms. The van der Waals surface area contributed by atoms with Gasteiger partial charge in [-0.15, -0.1) is 0 Å². The predicted octanol–water partition coefficient (Wildman–Crippen LogP) is 1.32. The van der Waals surface area contributed by atoms with Gasteiger partial charge in [-0.1, -0.05) is 6.07 Å². The maximum Gasteiger partial charge on any atom is 0.320 e. The fourth-order valence-corrected chi connectivity index (χ4v) is 1.74. The number of hydrogen-bond acceptors (Lipinski definition) is 4. The molecule has 1 N–H and O–H groups in total. The van der Waals surface area contributed by atoms with Crippen LogP contribution in [0.2, 0.25) is 0 Å². The average Bonchev–Trinajstić information content (AvgIpc) is 2.49. The van der Waals surface area contributed by atoms with Crippen molar-refractivity contribution in [3.8, 4) is 6.07 Å². The quantitative estimate of drug-likeness (QED) is 0.816. The molecule has 0 saturated carbocycles. The van der Waals surface area contributed by atoms with Crippen molar-refractivity contribution in [1.29, 1.82) is 5.26 Å². The van der Waals surface area contributed by atoms with Gasteiger partial charge in [-0.3, -0.25) is 9.78 Å². The van der Waals surface area contributed by atoms with Crippen LogP contribution >= 0.6 is 0 Å². The van der Waals surface area contributed by atoms with E-state index in [0.29, 0.717) is 13.1 Å². The highest BCUT2D eigenvalue weighted by molar-refractivity contribution is 5.75. The van der Waals surface area contributed by atoms with Crippen LogP contribution in [-0.2, 0) is 11.3 Å². The second-order valence-corrected chi connectivity index (χ2v) is 4.54. The van der Waals surface area contributed by atoms with E-state index in [9.17, 15) is 9.59 Å². The number of nitrogens with zero attached hydrogens (tertiary/aromatic N) is 4. The van der Waals surface area contributed by atoms with Crippen molar-refractivity contribution in [3.63, 3.8) is 0 Å². The Morgan fingerprint density at radius 3 is 2.76 bits per heavy atom. The minimum Gasteiger partial charge on any atom is -0.481 e. The molecule has 0 saturated heterocycles. The molecule has 0 unspecified atom stereocenters. The lowest BCUT2D eigenvalue weighted by atomic mass is 10.2. The smallest absolute Gasteiger partial charge is 0.320 e. The number of rotatable bonds is 7. The number of aromatic nitrogens is 1. The molecule has 1 aromatic heterocycles. The van der Waals surface area contributed by atoms with Crippen molar-refractivity contribution in [1.82, 2.24) is 14.8 Å². The third-order valence-corrected chi connectivity index (χ3v) is 2.85. The highest BCUT2D eigenvalue weighted by Gasteiger charge is 2.18. The Morgan fingerprint density at radius 1 is 1.43 bits per heavy atom. The van der Waals surface area contributed by atoms with Crippen LogP contribution < -0.4 is 0 Å². The molecule has 112 valence electrons. The Balaban J connectivity index is 2.69. The Hall–Kier alpha value is -2.62. The molecule has 0 spiro atoms. The minimum absolute atomic E-state index is 0.110. The van der Waals surface area contributed by atoms with E-state index in [-0.39, 0.29) is 25.4 Å². The van der Waals surface area contributed by atoms with Crippen molar-refractivity contribution in [2.45, 2.75) is 19.4 Å². The molecule has 1 heterocycles. The van der Waals surface area contributed by atoms with Gasteiger partial charge in [0.25, 0.3) is 0 Å². The first-order chi connectivity index (χ1) is 10.0. The Labute approximate surface area is 123 Å². The number of hydrogen-bond donors (Lipinski definition) is 1. The van der Waals surface area contributed by atoms with Gasteiger partial charge in [-0.2, -0.15) is 5.26 Å². The fraction of sp³-hybridized carbons (Fsp3) is 0.429. The lowest BCUT2D eigenvalue weighted by Gasteiger charge is -2.27. The minimum atomic E-state index is -0.953. The summed E-state index contributed by atoms with van der Waals surface area (Å²) in [5.74, 6) is -0.953. The highest BCUT2D eigenvalue weighted by atomic mass is 16.4. The van der Waals surface area contributed by atoms with Crippen LogP contribution in [0.15, 0.2) is 24.5 Å². The van der Waals surface area contributed by atoms with E-state index in [1.54, 1.807) is 25.5 Å². The van der Waals surface area contributed by atoms with Crippen LogP contribution in [0.1, 0.15) is 18.4 Å². The summed E-state index contributed by atoms with van der Waals surface area (Å²) in [7, 11) is 1.55. The summed E-state index contributed by atoms with van der Waals surface area (Å²) in [6.07, 6.45) is 3.41. The van der Waals surface area contributed by atoms with E-state index < -0.39 is 5.97 Å². The number of carbonyl (C=O) groups is 2. The number of nitriles is 1. The molecule has 0 radical (unpaired) electrons. The van der Waals surface area contributed by atoms with E-state index >= 15 is 0 Å². The number of amides is 2. The summed E-state index contributed by atoms with van der Waals surface area (Å²) in [5.41, 5.74) is 0.857. The fourth-order valence-electron chi connectivity index (χ4n) is 1.74. The normalized spacial score (nSPS) is 9.71. The predicted molar refractivity (Wildman–Crippen MR) is 75.2 cm³/mol. The molecule has 7 heteroatoms. The van der Waals surface area contributed by atoms with E-state index in [2.05, 4.69) is 4.98 Å². The highest BCUT2D eigenvalue weighted by Crippen LogP contribution is 2.07. The third-order valence-electron chi connectivity index (χ3n) is 2.85. The molecule has 0 atom stereocenters. The van der Waals surface area contributed by atoms with Crippen LogP contribution in [0, 0.1) is 11.3 Å². The second kappa shape index (κ2) is 8.53.